The smallest absolute Gasteiger partial charge is 0.319 e. The van der Waals surface area contributed by atoms with E-state index in [2.05, 4.69) is 32.2 Å². The fraction of sp³-hybridized carbons (Fsp3) is 0.412. The number of hydrogen-bond donors (Lipinski definition) is 3. The van der Waals surface area contributed by atoms with Gasteiger partial charge in [-0.15, -0.1) is 11.3 Å². The molecule has 0 amide bonds. The second-order valence-electron chi connectivity index (χ2n) is 13.0. The van der Waals surface area contributed by atoms with Crippen LogP contribution in [0.3, 0.4) is 0 Å². The molecule has 1 aromatic carbocycles. The Morgan fingerprint density at radius 3 is 2.86 bits per heavy atom. The molecule has 5 heterocycles. The quantitative estimate of drug-likeness (QED) is 0.155. The maximum Gasteiger partial charge on any atom is 0.319 e. The van der Waals surface area contributed by atoms with Crippen LogP contribution in [0.2, 0.25) is 5.02 Å². The lowest BCUT2D eigenvalue weighted by Crippen LogP contribution is -2.43. The number of nitrogens with one attached hydrogen (secondary N) is 2. The zero-order valence-corrected chi connectivity index (χ0v) is 28.0. The van der Waals surface area contributed by atoms with E-state index in [0.717, 1.165) is 43.0 Å². The minimum Gasteiger partial charge on any atom is -0.461 e. The van der Waals surface area contributed by atoms with Crippen molar-refractivity contribution in [2.75, 3.05) is 37.3 Å². The van der Waals surface area contributed by atoms with E-state index in [1.807, 2.05) is 11.0 Å². The van der Waals surface area contributed by atoms with E-state index in [9.17, 15) is 13.2 Å². The standard InChI is InChI=1S/C34H33ClF4N8OS/c1-17-8-21(12-43-20-4-2-5-20)44-32-26-25(17)27(35)22(13-42-14-23(36)24-9-18(11-40)31(41)49-24)28(37)29(26)45-33(46-32)48-16-34-6-3-7-47(34)15-19(10-34)30(38)39/h9,13-14,20-21,43H,1-8,10,12,15-16,41H2,(H,44,45,46)/b23-14+,42-13?/t21-,34?/m1/s1. The van der Waals surface area contributed by atoms with Gasteiger partial charge in [0.25, 0.3) is 6.08 Å². The number of nitrogens with two attached hydrogens (primary N) is 1. The third-order valence-electron chi connectivity index (χ3n) is 9.89. The van der Waals surface area contributed by atoms with Crippen molar-refractivity contribution in [3.63, 3.8) is 0 Å². The van der Waals surface area contributed by atoms with Gasteiger partial charge in [-0.05, 0) is 56.7 Å². The molecule has 1 aliphatic carbocycles. The van der Waals surface area contributed by atoms with E-state index < -0.39 is 23.3 Å². The van der Waals surface area contributed by atoms with Gasteiger partial charge >= 0.3 is 6.01 Å². The molecule has 3 aromatic rings. The van der Waals surface area contributed by atoms with Crippen molar-refractivity contribution in [1.82, 2.24) is 20.2 Å². The zero-order valence-electron chi connectivity index (χ0n) is 26.4. The molecule has 3 aliphatic heterocycles. The minimum atomic E-state index is -1.66. The third kappa shape index (κ3) is 6.29. The van der Waals surface area contributed by atoms with Crippen LogP contribution in [0.15, 0.2) is 35.5 Å². The number of thiophene rings is 1. The first kappa shape index (κ1) is 33.5. The third-order valence-corrected chi connectivity index (χ3v) is 11.3. The first-order chi connectivity index (χ1) is 23.6. The monoisotopic (exact) mass is 712 g/mol. The Balaban J connectivity index is 1.26. The molecule has 15 heteroatoms. The van der Waals surface area contributed by atoms with Crippen molar-refractivity contribution >= 4 is 62.3 Å². The van der Waals surface area contributed by atoms with E-state index in [1.54, 1.807) is 0 Å². The Kier molecular flexibility index (Phi) is 9.12. The van der Waals surface area contributed by atoms with Crippen LogP contribution in [0, 0.1) is 17.1 Å². The van der Waals surface area contributed by atoms with E-state index in [1.165, 1.54) is 12.5 Å². The van der Waals surface area contributed by atoms with Gasteiger partial charge in [0.2, 0.25) is 0 Å². The summed E-state index contributed by atoms with van der Waals surface area (Å²) in [6, 6.07) is 3.35. The van der Waals surface area contributed by atoms with Crippen LogP contribution in [0.1, 0.15) is 66.5 Å². The van der Waals surface area contributed by atoms with Crippen LogP contribution in [-0.2, 0) is 0 Å². The average molecular weight is 713 g/mol. The normalized spacial score (nSPS) is 22.7. The number of aromatic nitrogens is 2. The molecular weight excluding hydrogens is 680 g/mol. The largest absolute Gasteiger partial charge is 0.461 e. The van der Waals surface area contributed by atoms with E-state index in [4.69, 9.17) is 27.3 Å². The molecule has 256 valence electrons. The molecule has 7 rings (SSSR count). The second-order valence-corrected chi connectivity index (χ2v) is 14.5. The predicted molar refractivity (Wildman–Crippen MR) is 184 cm³/mol. The van der Waals surface area contributed by atoms with Crippen molar-refractivity contribution in [3.8, 4) is 12.1 Å². The van der Waals surface area contributed by atoms with Gasteiger partial charge in [0.1, 0.15) is 29.0 Å². The number of aliphatic imine (C=N–C) groups is 1. The number of fused-ring (bicyclic) bond motifs is 1. The van der Waals surface area contributed by atoms with Crippen molar-refractivity contribution < 1.29 is 22.3 Å². The topological polar surface area (TPSA) is 124 Å². The Bertz CT molecular complexity index is 1980. The summed E-state index contributed by atoms with van der Waals surface area (Å²) in [5, 5.41) is 16.7. The highest BCUT2D eigenvalue weighted by Gasteiger charge is 2.48. The fourth-order valence-corrected chi connectivity index (χ4v) is 8.26. The molecule has 1 unspecified atom stereocenters. The molecule has 0 spiro atoms. The molecule has 49 heavy (non-hydrogen) atoms. The number of rotatable bonds is 9. The van der Waals surface area contributed by atoms with Gasteiger partial charge in [0.05, 0.1) is 38.2 Å². The van der Waals surface area contributed by atoms with Crippen LogP contribution in [-0.4, -0.2) is 64.9 Å². The Morgan fingerprint density at radius 1 is 1.33 bits per heavy atom. The maximum atomic E-state index is 16.5. The summed E-state index contributed by atoms with van der Waals surface area (Å²) < 4.78 is 64.7. The molecule has 4 aliphatic rings. The minimum absolute atomic E-state index is 0.0200. The van der Waals surface area contributed by atoms with Crippen LogP contribution in [0.25, 0.3) is 22.3 Å². The number of hydrogen-bond acceptors (Lipinski definition) is 10. The number of halogens is 5. The Morgan fingerprint density at radius 2 is 2.14 bits per heavy atom. The van der Waals surface area contributed by atoms with Crippen LogP contribution in [0.4, 0.5) is 28.4 Å². The van der Waals surface area contributed by atoms with E-state index in [-0.39, 0.29) is 68.7 Å². The lowest BCUT2D eigenvalue weighted by molar-refractivity contribution is 0.108. The number of ether oxygens (including phenoxy) is 1. The number of benzene rings is 1. The van der Waals surface area contributed by atoms with E-state index in [0.29, 0.717) is 54.3 Å². The molecule has 4 N–H and O–H groups in total. The van der Waals surface area contributed by atoms with E-state index >= 15 is 4.39 Å². The summed E-state index contributed by atoms with van der Waals surface area (Å²) >= 11 is 7.77. The average Bonchev–Trinajstić information content (AvgIpc) is 3.70. The number of nitrogen functional groups attached to an aromatic ring is 1. The summed E-state index contributed by atoms with van der Waals surface area (Å²) in [6.45, 7) is 5.80. The highest BCUT2D eigenvalue weighted by Crippen LogP contribution is 2.45. The summed E-state index contributed by atoms with van der Waals surface area (Å²) in [4.78, 5) is 15.3. The zero-order chi connectivity index (χ0) is 34.4. The van der Waals surface area contributed by atoms with Crippen LogP contribution < -0.4 is 21.1 Å². The van der Waals surface area contributed by atoms with Crippen molar-refractivity contribution in [1.29, 1.82) is 5.26 Å². The summed E-state index contributed by atoms with van der Waals surface area (Å²) in [6.07, 6.45) is 5.86. The molecule has 0 bridgehead atoms. The Labute approximate surface area is 289 Å². The van der Waals surface area contributed by atoms with Gasteiger partial charge < -0.3 is 21.1 Å². The fourth-order valence-electron chi connectivity index (χ4n) is 7.12. The molecule has 0 radical (unpaired) electrons. The van der Waals surface area contributed by atoms with Gasteiger partial charge in [-0.2, -0.15) is 24.0 Å². The van der Waals surface area contributed by atoms with Gasteiger partial charge in [0.15, 0.2) is 11.6 Å². The SMILES string of the molecule is C=C1C[C@H](CNC2CCC2)Nc2nc(OCC34CCCN3CC(=C(F)F)C4)nc3c(F)c(C=N/C=C(/F)c4cc(C#N)c(N)s4)c(Cl)c1c23. The molecular formula is C34H33ClF4N8OS. The highest BCUT2D eigenvalue weighted by atomic mass is 35.5. The molecule has 9 nitrogen and oxygen atoms in total. The van der Waals surface area contributed by atoms with Gasteiger partial charge in [-0.25, -0.2) is 8.78 Å². The highest BCUT2D eigenvalue weighted by molar-refractivity contribution is 7.17. The number of nitrogens with zero attached hydrogens (tertiary/aromatic N) is 5. The molecule has 1 saturated carbocycles. The van der Waals surface area contributed by atoms with Gasteiger partial charge in [-0.1, -0.05) is 24.6 Å². The predicted octanol–water partition coefficient (Wildman–Crippen LogP) is 7.43. The molecule has 3 fully saturated rings. The first-order valence-electron chi connectivity index (χ1n) is 16.1. The summed E-state index contributed by atoms with van der Waals surface area (Å²) in [5.41, 5.74) is 6.23. The Hall–Kier alpha value is -4.03. The lowest BCUT2D eigenvalue weighted by atomic mass is 9.92. The maximum absolute atomic E-state index is 16.5. The van der Waals surface area contributed by atoms with Crippen molar-refractivity contribution in [2.45, 2.75) is 62.6 Å². The lowest BCUT2D eigenvalue weighted by Gasteiger charge is -2.31. The van der Waals surface area contributed by atoms with Gasteiger partial charge in [0, 0.05) is 42.5 Å². The van der Waals surface area contributed by atoms with Gasteiger partial charge in [-0.3, -0.25) is 9.89 Å². The first-order valence-corrected chi connectivity index (χ1v) is 17.3. The number of anilines is 2. The second kappa shape index (κ2) is 13.4. The molecule has 2 saturated heterocycles. The molecule has 2 atom stereocenters. The summed E-state index contributed by atoms with van der Waals surface area (Å²) in [5.74, 6) is -1.28. The van der Waals surface area contributed by atoms with Crippen LogP contribution >= 0.6 is 22.9 Å². The summed E-state index contributed by atoms with van der Waals surface area (Å²) in [7, 11) is 0. The number of nitriles is 1. The van der Waals surface area contributed by atoms with Crippen LogP contribution in [0.5, 0.6) is 6.01 Å². The van der Waals surface area contributed by atoms with Crippen molar-refractivity contribution in [3.05, 3.63) is 62.9 Å². The molecule has 2 aromatic heterocycles. The van der Waals surface area contributed by atoms with Crippen molar-refractivity contribution in [2.24, 2.45) is 4.99 Å².